The number of amides is 3. The van der Waals surface area contributed by atoms with Crippen LogP contribution in [-0.2, 0) is 4.79 Å². The fourth-order valence-electron chi connectivity index (χ4n) is 2.95. The zero-order valence-electron chi connectivity index (χ0n) is 11.9. The molecule has 1 saturated heterocycles. The van der Waals surface area contributed by atoms with Crippen LogP contribution in [0.3, 0.4) is 0 Å². The van der Waals surface area contributed by atoms with Crippen molar-refractivity contribution < 1.29 is 9.59 Å². The number of hydrogen-bond acceptors (Lipinski definition) is 4. The van der Waals surface area contributed by atoms with E-state index in [0.29, 0.717) is 24.0 Å². The second kappa shape index (κ2) is 6.43. The van der Waals surface area contributed by atoms with Gasteiger partial charge in [-0.15, -0.1) is 11.3 Å². The summed E-state index contributed by atoms with van der Waals surface area (Å²) in [5.74, 6) is 0.584. The summed E-state index contributed by atoms with van der Waals surface area (Å²) in [6.07, 6.45) is 8.59. The Morgan fingerprint density at radius 1 is 1.33 bits per heavy atom. The third kappa shape index (κ3) is 3.72. The molecule has 21 heavy (non-hydrogen) atoms. The van der Waals surface area contributed by atoms with Crippen molar-refractivity contribution in [3.05, 3.63) is 11.1 Å². The van der Waals surface area contributed by atoms with Crippen LogP contribution in [0, 0.1) is 0 Å². The topological polar surface area (TPSA) is 83.1 Å². The highest BCUT2D eigenvalue weighted by molar-refractivity contribution is 7.15. The van der Waals surface area contributed by atoms with Gasteiger partial charge in [0.25, 0.3) is 0 Å². The van der Waals surface area contributed by atoms with E-state index in [9.17, 15) is 9.59 Å². The largest absolute Gasteiger partial charge is 0.354 e. The fourth-order valence-corrected chi connectivity index (χ4v) is 3.93. The van der Waals surface area contributed by atoms with Crippen LogP contribution in [0.25, 0.3) is 0 Å². The second-order valence-electron chi connectivity index (χ2n) is 5.71. The Labute approximate surface area is 127 Å². The minimum absolute atomic E-state index is 0.0193. The van der Waals surface area contributed by atoms with Gasteiger partial charge in [0.15, 0.2) is 5.13 Å². The third-order valence-corrected chi connectivity index (χ3v) is 5.14. The molecule has 0 spiro atoms. The molecule has 3 N–H and O–H groups in total. The lowest BCUT2D eigenvalue weighted by Gasteiger charge is -2.19. The molecule has 3 rings (SSSR count). The number of hydrogen-bond donors (Lipinski definition) is 3. The number of nitrogens with one attached hydrogen (secondary N) is 3. The second-order valence-corrected chi connectivity index (χ2v) is 6.77. The zero-order valence-corrected chi connectivity index (χ0v) is 12.7. The number of urea groups is 1. The van der Waals surface area contributed by atoms with E-state index in [4.69, 9.17) is 0 Å². The summed E-state index contributed by atoms with van der Waals surface area (Å²) in [7, 11) is 0. The molecule has 0 bridgehead atoms. The van der Waals surface area contributed by atoms with Crippen LogP contribution in [0.2, 0.25) is 0 Å². The molecule has 2 aliphatic rings. The molecule has 114 valence electrons. The number of anilines is 1. The minimum Gasteiger partial charge on any atom is -0.354 e. The van der Waals surface area contributed by atoms with Crippen LogP contribution in [-0.4, -0.2) is 29.5 Å². The Kier molecular flexibility index (Phi) is 4.38. The summed E-state index contributed by atoms with van der Waals surface area (Å²) in [5.41, 5.74) is 0. The summed E-state index contributed by atoms with van der Waals surface area (Å²) < 4.78 is 0. The molecule has 1 aliphatic carbocycles. The van der Waals surface area contributed by atoms with Crippen molar-refractivity contribution in [1.82, 2.24) is 15.6 Å². The molecule has 6 nitrogen and oxygen atoms in total. The van der Waals surface area contributed by atoms with Gasteiger partial charge in [-0.1, -0.05) is 19.3 Å². The maximum atomic E-state index is 11.9. The molecule has 1 aromatic heterocycles. The van der Waals surface area contributed by atoms with Crippen molar-refractivity contribution in [2.75, 3.05) is 11.9 Å². The molecule has 1 aromatic rings. The quantitative estimate of drug-likeness (QED) is 0.800. The lowest BCUT2D eigenvalue weighted by Crippen LogP contribution is -2.39. The number of carbonyl (C=O) groups is 2. The minimum atomic E-state index is -0.291. The van der Waals surface area contributed by atoms with Crippen LogP contribution < -0.4 is 16.0 Å². The Hall–Kier alpha value is -1.63. The molecular weight excluding hydrogens is 288 g/mol. The number of carbonyl (C=O) groups excluding carboxylic acids is 2. The number of thiazole rings is 1. The zero-order chi connectivity index (χ0) is 14.7. The summed E-state index contributed by atoms with van der Waals surface area (Å²) >= 11 is 1.56. The lowest BCUT2D eigenvalue weighted by atomic mass is 9.89. The van der Waals surface area contributed by atoms with Gasteiger partial charge < -0.3 is 10.6 Å². The molecule has 1 atom stereocenters. The van der Waals surface area contributed by atoms with E-state index in [2.05, 4.69) is 20.9 Å². The first kappa shape index (κ1) is 14.3. The Bertz CT molecular complexity index is 525. The SMILES string of the molecule is O=C1C[C@H](NC(=O)Nc2ncc(C3CCCCC3)s2)CN1. The van der Waals surface area contributed by atoms with Gasteiger partial charge in [-0.05, 0) is 18.8 Å². The van der Waals surface area contributed by atoms with Crippen molar-refractivity contribution in [3.8, 4) is 0 Å². The summed E-state index contributed by atoms with van der Waals surface area (Å²) in [6.45, 7) is 0.497. The predicted molar refractivity (Wildman–Crippen MR) is 81.5 cm³/mol. The van der Waals surface area contributed by atoms with E-state index < -0.39 is 0 Å². The van der Waals surface area contributed by atoms with Gasteiger partial charge in [0, 0.05) is 24.0 Å². The van der Waals surface area contributed by atoms with Gasteiger partial charge in [-0.2, -0.15) is 0 Å². The monoisotopic (exact) mass is 308 g/mol. The molecule has 0 unspecified atom stereocenters. The molecule has 1 aliphatic heterocycles. The van der Waals surface area contributed by atoms with E-state index in [0.717, 1.165) is 0 Å². The van der Waals surface area contributed by atoms with E-state index in [1.54, 1.807) is 11.3 Å². The highest BCUT2D eigenvalue weighted by atomic mass is 32.1. The van der Waals surface area contributed by atoms with Crippen molar-refractivity contribution in [3.63, 3.8) is 0 Å². The van der Waals surface area contributed by atoms with Gasteiger partial charge in [-0.25, -0.2) is 9.78 Å². The predicted octanol–water partition coefficient (Wildman–Crippen LogP) is 2.20. The smallest absolute Gasteiger partial charge is 0.321 e. The van der Waals surface area contributed by atoms with Gasteiger partial charge in [0.1, 0.15) is 0 Å². The van der Waals surface area contributed by atoms with Crippen LogP contribution in [0.5, 0.6) is 0 Å². The van der Waals surface area contributed by atoms with Gasteiger partial charge in [0.05, 0.1) is 6.04 Å². The average molecular weight is 308 g/mol. The highest BCUT2D eigenvalue weighted by Gasteiger charge is 2.23. The first-order valence-corrected chi connectivity index (χ1v) is 8.32. The van der Waals surface area contributed by atoms with E-state index >= 15 is 0 Å². The fraction of sp³-hybridized carbons (Fsp3) is 0.643. The van der Waals surface area contributed by atoms with Crippen LogP contribution in [0.15, 0.2) is 6.20 Å². The highest BCUT2D eigenvalue weighted by Crippen LogP contribution is 2.36. The van der Waals surface area contributed by atoms with Gasteiger partial charge in [0.2, 0.25) is 5.91 Å². The standard InChI is InChI=1S/C14H20N4O2S/c19-12-6-10(7-15-12)17-13(20)18-14-16-8-11(21-14)9-4-2-1-3-5-9/h8-10H,1-7H2,(H,15,19)(H2,16,17,18,20)/t10-/m0/s1. The molecule has 2 fully saturated rings. The molecule has 0 aromatic carbocycles. The van der Waals surface area contributed by atoms with Crippen molar-refractivity contribution in [2.45, 2.75) is 50.5 Å². The van der Waals surface area contributed by atoms with Gasteiger partial charge >= 0.3 is 6.03 Å². The van der Waals surface area contributed by atoms with E-state index in [1.165, 1.54) is 37.0 Å². The first-order chi connectivity index (χ1) is 10.2. The molecule has 2 heterocycles. The number of nitrogens with zero attached hydrogens (tertiary/aromatic N) is 1. The molecule has 1 saturated carbocycles. The van der Waals surface area contributed by atoms with Crippen LogP contribution >= 0.6 is 11.3 Å². The summed E-state index contributed by atoms with van der Waals surface area (Å²) in [6, 6.07) is -0.420. The normalized spacial score (nSPS) is 22.9. The van der Waals surface area contributed by atoms with Crippen LogP contribution in [0.4, 0.5) is 9.93 Å². The Morgan fingerprint density at radius 3 is 2.86 bits per heavy atom. The van der Waals surface area contributed by atoms with E-state index in [-0.39, 0.29) is 18.0 Å². The molecular formula is C14H20N4O2S. The maximum absolute atomic E-state index is 11.9. The van der Waals surface area contributed by atoms with Gasteiger partial charge in [-0.3, -0.25) is 10.1 Å². The van der Waals surface area contributed by atoms with Crippen LogP contribution in [0.1, 0.15) is 49.3 Å². The van der Waals surface area contributed by atoms with E-state index in [1.807, 2.05) is 6.20 Å². The van der Waals surface area contributed by atoms with Crippen molar-refractivity contribution >= 4 is 28.4 Å². The summed E-state index contributed by atoms with van der Waals surface area (Å²) in [4.78, 5) is 28.5. The third-order valence-electron chi connectivity index (χ3n) is 4.06. The summed E-state index contributed by atoms with van der Waals surface area (Å²) in [5, 5.41) is 8.86. The Morgan fingerprint density at radius 2 is 2.14 bits per heavy atom. The van der Waals surface area contributed by atoms with Crippen molar-refractivity contribution in [1.29, 1.82) is 0 Å². The first-order valence-electron chi connectivity index (χ1n) is 7.50. The number of rotatable bonds is 3. The molecule has 3 amide bonds. The Balaban J connectivity index is 1.51. The molecule has 7 heteroatoms. The lowest BCUT2D eigenvalue weighted by molar-refractivity contribution is -0.119. The maximum Gasteiger partial charge on any atom is 0.321 e. The van der Waals surface area contributed by atoms with Crippen molar-refractivity contribution in [2.24, 2.45) is 0 Å². The average Bonchev–Trinajstić information content (AvgIpc) is 3.09. The molecule has 0 radical (unpaired) electrons. The number of aromatic nitrogens is 1.